The molecule has 5 rings (SSSR count). The first-order valence-corrected chi connectivity index (χ1v) is 14.6. The van der Waals surface area contributed by atoms with E-state index >= 15 is 0 Å². The number of ether oxygens (including phenoxy) is 2. The molecule has 0 amide bonds. The van der Waals surface area contributed by atoms with Crippen molar-refractivity contribution in [2.45, 2.75) is 59.5 Å². The summed E-state index contributed by atoms with van der Waals surface area (Å²) in [5.74, 6) is 0.641. The first kappa shape index (κ1) is 27.7. The molecule has 0 saturated carbocycles. The number of aromatic nitrogens is 2. The third-order valence-corrected chi connectivity index (χ3v) is 8.30. The lowest BCUT2D eigenvalue weighted by Crippen LogP contribution is -2.47. The lowest BCUT2D eigenvalue weighted by Gasteiger charge is -2.38. The summed E-state index contributed by atoms with van der Waals surface area (Å²) < 4.78 is 13.4. The zero-order chi connectivity index (χ0) is 27.8. The van der Waals surface area contributed by atoms with Crippen molar-refractivity contribution in [2.24, 2.45) is 5.41 Å². The van der Waals surface area contributed by atoms with Crippen LogP contribution in [0.1, 0.15) is 64.2 Å². The Kier molecular flexibility index (Phi) is 7.80. The minimum absolute atomic E-state index is 0.385. The highest BCUT2D eigenvalue weighted by atomic mass is 79.9. The maximum absolute atomic E-state index is 13.1. The molecule has 1 N–H and O–H groups in total. The summed E-state index contributed by atoms with van der Waals surface area (Å²) in [4.78, 5) is 25.5. The largest absolute Gasteiger partial charge is 0.456 e. The minimum Gasteiger partial charge on any atom is -0.456 e. The molecule has 0 radical (unpaired) electrons. The van der Waals surface area contributed by atoms with Gasteiger partial charge in [-0.15, -0.1) is 0 Å². The van der Waals surface area contributed by atoms with Crippen LogP contribution in [0.15, 0.2) is 52.8 Å². The molecule has 1 aliphatic heterocycles. The number of hydrogen-bond donors (Lipinski definition) is 1. The van der Waals surface area contributed by atoms with Gasteiger partial charge in [-0.2, -0.15) is 0 Å². The van der Waals surface area contributed by atoms with Gasteiger partial charge in [0, 0.05) is 56.1 Å². The van der Waals surface area contributed by atoms with Crippen LogP contribution in [0.2, 0.25) is 0 Å². The maximum atomic E-state index is 13.1. The average Bonchev–Trinajstić information content (AvgIpc) is 3.33. The normalized spacial score (nSPS) is 18.5. The van der Waals surface area contributed by atoms with E-state index in [-0.39, 0.29) is 0 Å². The second-order valence-electron chi connectivity index (χ2n) is 12.5. The van der Waals surface area contributed by atoms with Gasteiger partial charge in [-0.3, -0.25) is 4.90 Å². The highest BCUT2D eigenvalue weighted by molar-refractivity contribution is 9.11. The molecular formula is C31H39BrN4O3. The number of piperazine rings is 1. The minimum atomic E-state index is -0.604. The molecule has 1 saturated heterocycles. The zero-order valence-corrected chi connectivity index (χ0v) is 25.2. The van der Waals surface area contributed by atoms with Gasteiger partial charge in [-0.05, 0) is 79.8 Å². The highest BCUT2D eigenvalue weighted by Gasteiger charge is 2.28. The first-order chi connectivity index (χ1) is 18.5. The van der Waals surface area contributed by atoms with E-state index in [2.05, 4.69) is 49.5 Å². The molecule has 0 unspecified atom stereocenters. The van der Waals surface area contributed by atoms with Gasteiger partial charge in [0.2, 0.25) is 0 Å². The van der Waals surface area contributed by atoms with Crippen molar-refractivity contribution in [3.8, 4) is 11.5 Å². The number of nitrogens with zero attached hydrogens (tertiary/aromatic N) is 3. The number of carbonyl (C=O) groups is 1. The number of H-pyrrole nitrogens is 1. The molecule has 8 heteroatoms. The third-order valence-electron chi connectivity index (χ3n) is 7.46. The van der Waals surface area contributed by atoms with Crippen LogP contribution >= 0.6 is 15.9 Å². The number of halogens is 1. The summed E-state index contributed by atoms with van der Waals surface area (Å²) in [6.45, 7) is 15.2. The summed E-state index contributed by atoms with van der Waals surface area (Å²) in [7, 11) is 0. The van der Waals surface area contributed by atoms with Gasteiger partial charge in [-0.25, -0.2) is 9.78 Å². The molecule has 7 nitrogen and oxygen atoms in total. The number of allylic oxidation sites excluding steroid dienone is 1. The number of pyridine rings is 1. The van der Waals surface area contributed by atoms with E-state index in [1.807, 2.05) is 57.3 Å². The molecule has 1 fully saturated rings. The number of hydrogen-bond acceptors (Lipinski definition) is 6. The molecule has 2 aromatic heterocycles. The van der Waals surface area contributed by atoms with Gasteiger partial charge in [0.25, 0.3) is 0 Å². The number of anilines is 1. The molecule has 0 atom stereocenters. The van der Waals surface area contributed by atoms with E-state index in [0.29, 0.717) is 22.5 Å². The summed E-state index contributed by atoms with van der Waals surface area (Å²) in [5.41, 5.74) is 3.56. The van der Waals surface area contributed by atoms with Crippen LogP contribution in [0.4, 0.5) is 5.69 Å². The lowest BCUT2D eigenvalue weighted by atomic mass is 9.78. The third kappa shape index (κ3) is 6.84. The second kappa shape index (κ2) is 11.0. The standard InChI is InChI=1S/C31H39BrN4O3/c1-30(2,3)39-29(37)25-7-6-23(17-27(25)38-24-16-21-9-11-33-28(21)34-19-24)36-14-12-35(13-15-36)20-22-8-10-31(4,5)18-26(22)32/h6-7,9,11,16-17,19H,8,10,12-15,18,20H2,1-5H3,(H,33,34). The van der Waals surface area contributed by atoms with Crippen LogP contribution in [0.3, 0.4) is 0 Å². The molecule has 39 heavy (non-hydrogen) atoms. The summed E-state index contributed by atoms with van der Waals surface area (Å²) in [6, 6.07) is 9.64. The fourth-order valence-corrected chi connectivity index (χ4v) is 6.34. The molecule has 208 valence electrons. The van der Waals surface area contributed by atoms with Crippen LogP contribution in [0.25, 0.3) is 11.0 Å². The van der Waals surface area contributed by atoms with Crippen molar-refractivity contribution in [3.05, 3.63) is 58.3 Å². The molecule has 0 spiro atoms. The Morgan fingerprint density at radius 3 is 2.62 bits per heavy atom. The summed E-state index contributed by atoms with van der Waals surface area (Å²) in [5, 5.41) is 0.946. The fourth-order valence-electron chi connectivity index (χ4n) is 5.25. The van der Waals surface area contributed by atoms with Gasteiger partial charge < -0.3 is 19.4 Å². The fraction of sp³-hybridized carbons (Fsp3) is 0.484. The molecule has 1 aliphatic carbocycles. The first-order valence-electron chi connectivity index (χ1n) is 13.8. The van der Waals surface area contributed by atoms with Crippen molar-refractivity contribution < 1.29 is 14.3 Å². The number of rotatable bonds is 6. The van der Waals surface area contributed by atoms with Gasteiger partial charge in [0.1, 0.15) is 28.3 Å². The van der Waals surface area contributed by atoms with Crippen molar-refractivity contribution >= 4 is 38.6 Å². The number of nitrogens with one attached hydrogen (secondary N) is 1. The summed E-state index contributed by atoms with van der Waals surface area (Å²) in [6.07, 6.45) is 7.06. The number of carbonyl (C=O) groups excluding carboxylic acids is 1. The van der Waals surface area contributed by atoms with Gasteiger partial charge in [0.15, 0.2) is 0 Å². The van der Waals surface area contributed by atoms with E-state index in [1.165, 1.54) is 17.3 Å². The SMILES string of the molecule is CC1(C)CCC(CN2CCN(c3ccc(C(=O)OC(C)(C)C)c(Oc4cnc5[nH]ccc5c4)c3)CC2)=C(Br)C1. The van der Waals surface area contributed by atoms with E-state index in [4.69, 9.17) is 9.47 Å². The van der Waals surface area contributed by atoms with Crippen LogP contribution in [-0.2, 0) is 4.74 Å². The molecule has 3 aromatic rings. The Hall–Kier alpha value is -2.84. The Balaban J connectivity index is 1.32. The van der Waals surface area contributed by atoms with Crippen LogP contribution < -0.4 is 9.64 Å². The number of benzene rings is 1. The number of esters is 1. The Morgan fingerprint density at radius 2 is 1.90 bits per heavy atom. The predicted octanol–water partition coefficient (Wildman–Crippen LogP) is 7.29. The Labute approximate surface area is 239 Å². The van der Waals surface area contributed by atoms with Crippen LogP contribution in [-0.4, -0.2) is 59.2 Å². The van der Waals surface area contributed by atoms with Crippen molar-refractivity contribution in [3.63, 3.8) is 0 Å². The zero-order valence-electron chi connectivity index (χ0n) is 23.6. The maximum Gasteiger partial charge on any atom is 0.342 e. The van der Waals surface area contributed by atoms with Crippen molar-refractivity contribution in [1.82, 2.24) is 14.9 Å². The summed E-state index contributed by atoms with van der Waals surface area (Å²) >= 11 is 3.87. The molecule has 3 heterocycles. The molecule has 1 aromatic carbocycles. The van der Waals surface area contributed by atoms with Gasteiger partial charge in [-0.1, -0.05) is 29.8 Å². The van der Waals surface area contributed by atoms with E-state index in [9.17, 15) is 4.79 Å². The monoisotopic (exact) mass is 594 g/mol. The molecular weight excluding hydrogens is 556 g/mol. The highest BCUT2D eigenvalue weighted by Crippen LogP contribution is 2.41. The Bertz CT molecular complexity index is 1380. The van der Waals surface area contributed by atoms with Crippen LogP contribution in [0.5, 0.6) is 11.5 Å². The smallest absolute Gasteiger partial charge is 0.342 e. The van der Waals surface area contributed by atoms with Gasteiger partial charge in [0.05, 0.1) is 6.20 Å². The van der Waals surface area contributed by atoms with Crippen molar-refractivity contribution in [1.29, 1.82) is 0 Å². The van der Waals surface area contributed by atoms with Crippen LogP contribution in [0, 0.1) is 5.41 Å². The lowest BCUT2D eigenvalue weighted by molar-refractivity contribution is 0.00672. The molecule has 2 aliphatic rings. The van der Waals surface area contributed by atoms with Gasteiger partial charge >= 0.3 is 5.97 Å². The van der Waals surface area contributed by atoms with Crippen molar-refractivity contribution in [2.75, 3.05) is 37.6 Å². The quantitative estimate of drug-likeness (QED) is 0.302. The average molecular weight is 596 g/mol. The Morgan fingerprint density at radius 1 is 1.13 bits per heavy atom. The van der Waals surface area contributed by atoms with E-state index in [1.54, 1.807) is 11.8 Å². The number of aromatic amines is 1. The molecule has 0 bridgehead atoms. The second-order valence-corrected chi connectivity index (χ2v) is 13.4. The van der Waals surface area contributed by atoms with E-state index in [0.717, 1.165) is 55.9 Å². The predicted molar refractivity (Wildman–Crippen MR) is 160 cm³/mol. The number of fused-ring (bicyclic) bond motifs is 1. The van der Waals surface area contributed by atoms with E-state index < -0.39 is 11.6 Å². The topological polar surface area (TPSA) is 70.7 Å².